The predicted octanol–water partition coefficient (Wildman–Crippen LogP) is 1.27. The Kier molecular flexibility index (Phi) is 7.56. The third-order valence-electron chi connectivity index (χ3n) is 5.66. The van der Waals surface area contributed by atoms with Crippen LogP contribution in [0.25, 0.3) is 5.52 Å². The van der Waals surface area contributed by atoms with Gasteiger partial charge >= 0.3 is 29.6 Å². The molecular weight excluding hydrogens is 445 g/mol. The molecule has 2 fully saturated rings. The molecule has 0 radical (unpaired) electrons. The minimum atomic E-state index is -0.860. The molecule has 2 N–H and O–H groups in total. The van der Waals surface area contributed by atoms with E-state index in [2.05, 4.69) is 9.82 Å². The summed E-state index contributed by atoms with van der Waals surface area (Å²) in [4.78, 5) is 13.8. The molecule has 0 spiro atoms. The number of fused-ring (bicyclic) bond motifs is 1. The number of halogens is 2. The molecule has 1 atom stereocenters. The van der Waals surface area contributed by atoms with Crippen LogP contribution in [-0.4, -0.2) is 32.1 Å². The van der Waals surface area contributed by atoms with Crippen LogP contribution in [0.2, 0.25) is 0 Å². The molecule has 6 nitrogen and oxygen atoms in total. The summed E-state index contributed by atoms with van der Waals surface area (Å²) in [5.74, 6) is -1.21. The van der Waals surface area contributed by atoms with Crippen molar-refractivity contribution in [3.8, 4) is 0 Å². The Morgan fingerprint density at radius 3 is 2.78 bits per heavy atom. The first kappa shape index (κ1) is 25.0. The summed E-state index contributed by atoms with van der Waals surface area (Å²) in [6.45, 7) is 0.704. The minimum Gasteiger partial charge on any atom is -0.378 e. The van der Waals surface area contributed by atoms with Gasteiger partial charge in [0.1, 0.15) is 16.6 Å². The molecule has 1 amide bonds. The molecule has 3 aromatic rings. The number of hydrogen-bond acceptors (Lipinski definition) is 5. The number of pyridine rings is 1. The van der Waals surface area contributed by atoms with E-state index in [0.717, 1.165) is 36.2 Å². The molecule has 1 saturated heterocycles. The Morgan fingerprint density at radius 2 is 2.03 bits per heavy atom. The molecule has 164 valence electrons. The van der Waals surface area contributed by atoms with E-state index in [0.29, 0.717) is 42.5 Å². The molecule has 1 unspecified atom stereocenters. The molecule has 10 heteroatoms. The van der Waals surface area contributed by atoms with E-state index in [1.807, 2.05) is 17.0 Å². The van der Waals surface area contributed by atoms with Crippen LogP contribution in [0.5, 0.6) is 0 Å². The van der Waals surface area contributed by atoms with Gasteiger partial charge in [0.05, 0.1) is 23.3 Å². The van der Waals surface area contributed by atoms with Crippen molar-refractivity contribution in [2.75, 3.05) is 11.4 Å². The summed E-state index contributed by atoms with van der Waals surface area (Å²) < 4.78 is 32.4. The van der Waals surface area contributed by atoms with Gasteiger partial charge in [-0.3, -0.25) is 9.52 Å². The maximum atomic E-state index is 14.4. The Morgan fingerprint density at radius 1 is 1.25 bits per heavy atom. The van der Waals surface area contributed by atoms with E-state index in [1.165, 1.54) is 12.3 Å². The molecule has 5 rings (SSSR count). The molecule has 1 aliphatic heterocycles. The molecule has 2 aromatic heterocycles. The van der Waals surface area contributed by atoms with E-state index in [1.54, 1.807) is 10.7 Å². The summed E-state index contributed by atoms with van der Waals surface area (Å²) in [6.07, 6.45) is 6.12. The van der Waals surface area contributed by atoms with Crippen LogP contribution in [0.1, 0.15) is 47.6 Å². The normalized spacial score (nSPS) is 18.7. The summed E-state index contributed by atoms with van der Waals surface area (Å²) in [5.41, 5.74) is 2.16. The number of nitrogens with zero attached hydrogens (tertiary/aromatic N) is 3. The zero-order chi connectivity index (χ0) is 20.9. The van der Waals surface area contributed by atoms with Crippen LogP contribution < -0.4 is 39.2 Å². The van der Waals surface area contributed by atoms with Crippen LogP contribution in [0, 0.1) is 19.1 Å². The van der Waals surface area contributed by atoms with Crippen molar-refractivity contribution in [1.29, 1.82) is 0 Å². The molecular formula is C22H23F2N4NaO2S. The fourth-order valence-corrected chi connectivity index (χ4v) is 4.60. The zero-order valence-electron chi connectivity index (χ0n) is 18.0. The monoisotopic (exact) mass is 468 g/mol. The van der Waals surface area contributed by atoms with Crippen LogP contribution in [0.15, 0.2) is 42.7 Å². The molecule has 1 aromatic carbocycles. The summed E-state index contributed by atoms with van der Waals surface area (Å²) in [5, 5.41) is 14.1. The fourth-order valence-electron chi connectivity index (χ4n) is 3.90. The van der Waals surface area contributed by atoms with Crippen molar-refractivity contribution in [2.45, 2.75) is 36.7 Å². The van der Waals surface area contributed by atoms with Gasteiger partial charge in [-0.05, 0) is 68.0 Å². The van der Waals surface area contributed by atoms with Gasteiger partial charge in [0.2, 0.25) is 0 Å². The van der Waals surface area contributed by atoms with Gasteiger partial charge in [-0.2, -0.15) is 5.10 Å². The van der Waals surface area contributed by atoms with Gasteiger partial charge in [0.25, 0.3) is 5.91 Å². The molecule has 2 aliphatic rings. The second kappa shape index (κ2) is 9.69. The first-order valence-electron chi connectivity index (χ1n) is 9.83. The number of carbonyl (C=O) groups is 1. The molecule has 0 bridgehead atoms. The zero-order valence-corrected chi connectivity index (χ0v) is 20.8. The van der Waals surface area contributed by atoms with E-state index in [9.17, 15) is 18.7 Å². The van der Waals surface area contributed by atoms with Crippen molar-refractivity contribution in [3.63, 3.8) is 0 Å². The van der Waals surface area contributed by atoms with E-state index in [4.69, 9.17) is 0 Å². The fraction of sp³-hybridized carbons (Fsp3) is 0.318. The maximum Gasteiger partial charge on any atom is 1.00 e. The smallest absolute Gasteiger partial charge is 0.378 e. The standard InChI is InChI=1S/C21H20F2N4O2S.CH3.Na/c22-13-3-4-17(23)15(10-13)18-2-1-8-26(18)14-5-9-27-19(11-14)16(12-24-27)20(28)25-30-21(29)6-7-21;;/h3-5,9-12,18,29H,1-2,6-8H2,(H,25,28);1H3;/q;-1;+1. The van der Waals surface area contributed by atoms with Crippen molar-refractivity contribution in [3.05, 3.63) is 72.9 Å². The molecule has 1 aliphatic carbocycles. The number of aromatic nitrogens is 2. The Balaban J connectivity index is 0.00000144. The van der Waals surface area contributed by atoms with Gasteiger partial charge in [-0.25, -0.2) is 13.3 Å². The number of amides is 1. The first-order chi connectivity index (χ1) is 14.4. The Labute approximate surface area is 211 Å². The SMILES string of the molecule is O=C(NSC1(O)CC1)c1cnn2ccc(N3CCCC3c3cc(F)ccc3F)cc12.[CH3-].[Na+]. The third kappa shape index (κ3) is 4.82. The van der Waals surface area contributed by atoms with E-state index in [-0.39, 0.29) is 48.9 Å². The van der Waals surface area contributed by atoms with Gasteiger partial charge in [-0.15, -0.1) is 0 Å². The summed E-state index contributed by atoms with van der Waals surface area (Å²) >= 11 is 1.02. The number of nitrogens with one attached hydrogen (secondary N) is 1. The maximum absolute atomic E-state index is 14.4. The first-order valence-corrected chi connectivity index (χ1v) is 10.6. The Bertz CT molecular complexity index is 1140. The number of aliphatic hydroxyl groups is 1. The van der Waals surface area contributed by atoms with Gasteiger partial charge in [0.15, 0.2) is 0 Å². The average Bonchev–Trinajstić information content (AvgIpc) is 3.14. The predicted molar refractivity (Wildman–Crippen MR) is 117 cm³/mol. The van der Waals surface area contributed by atoms with Gasteiger partial charge in [0, 0.05) is 24.0 Å². The van der Waals surface area contributed by atoms with Gasteiger partial charge < -0.3 is 17.4 Å². The average molecular weight is 469 g/mol. The van der Waals surface area contributed by atoms with Crippen LogP contribution in [-0.2, 0) is 0 Å². The van der Waals surface area contributed by atoms with Crippen molar-refractivity contribution in [2.24, 2.45) is 0 Å². The van der Waals surface area contributed by atoms with E-state index < -0.39 is 16.6 Å². The summed E-state index contributed by atoms with van der Waals surface area (Å²) in [6, 6.07) is 6.97. The topological polar surface area (TPSA) is 69.9 Å². The van der Waals surface area contributed by atoms with Crippen LogP contribution in [0.4, 0.5) is 14.5 Å². The second-order valence-electron chi connectivity index (χ2n) is 7.77. The number of rotatable bonds is 5. The number of hydrogen-bond donors (Lipinski definition) is 2. The van der Waals surface area contributed by atoms with Crippen LogP contribution in [0.3, 0.4) is 0 Å². The van der Waals surface area contributed by atoms with Crippen LogP contribution >= 0.6 is 11.9 Å². The number of anilines is 1. The minimum absolute atomic E-state index is 0. The quantitative estimate of drug-likeness (QED) is 0.256. The Hall–Kier alpha value is -1.65. The van der Waals surface area contributed by atoms with Crippen molar-refractivity contribution >= 4 is 29.1 Å². The second-order valence-corrected chi connectivity index (χ2v) is 8.94. The largest absolute Gasteiger partial charge is 1.00 e. The number of carbonyl (C=O) groups excluding carboxylic acids is 1. The van der Waals surface area contributed by atoms with Gasteiger partial charge in [-0.1, -0.05) is 0 Å². The third-order valence-corrected chi connectivity index (χ3v) is 6.74. The summed E-state index contributed by atoms with van der Waals surface area (Å²) in [7, 11) is 0. The number of benzene rings is 1. The molecule has 3 heterocycles. The molecule has 1 saturated carbocycles. The van der Waals surface area contributed by atoms with E-state index >= 15 is 0 Å². The van der Waals surface area contributed by atoms with Crippen molar-refractivity contribution < 1.29 is 48.2 Å². The molecule has 32 heavy (non-hydrogen) atoms. The van der Waals surface area contributed by atoms with Crippen molar-refractivity contribution in [1.82, 2.24) is 14.3 Å².